The minimum absolute atomic E-state index is 0.755. The zero-order chi connectivity index (χ0) is 13.5. The lowest BCUT2D eigenvalue weighted by Gasteiger charge is -2.35. The summed E-state index contributed by atoms with van der Waals surface area (Å²) in [5, 5.41) is 11.2. The van der Waals surface area contributed by atoms with Crippen molar-refractivity contribution in [1.82, 2.24) is 0 Å². The van der Waals surface area contributed by atoms with E-state index < -0.39 is 5.60 Å². The third kappa shape index (κ3) is 2.35. The number of halogens is 1. The zero-order valence-corrected chi connectivity index (χ0v) is 13.1. The van der Waals surface area contributed by atoms with Crippen LogP contribution in [0.4, 0.5) is 0 Å². The number of rotatable bonds is 1. The number of hydrogen-bond donors (Lipinski definition) is 1. The van der Waals surface area contributed by atoms with Gasteiger partial charge in [-0.25, -0.2) is 0 Å². The number of aryl methyl sites for hydroxylation is 1. The largest absolute Gasteiger partial charge is 0.380 e. The van der Waals surface area contributed by atoms with Crippen molar-refractivity contribution in [3.63, 3.8) is 0 Å². The van der Waals surface area contributed by atoms with Gasteiger partial charge in [-0.05, 0) is 37.1 Å². The zero-order valence-electron chi connectivity index (χ0n) is 10.7. The summed E-state index contributed by atoms with van der Waals surface area (Å²) < 4.78 is 1.01. The van der Waals surface area contributed by atoms with Crippen LogP contribution in [0.1, 0.15) is 23.1 Å². The second-order valence-electron chi connectivity index (χ2n) is 4.97. The Bertz CT molecular complexity index is 626. The summed E-state index contributed by atoms with van der Waals surface area (Å²) in [5.41, 5.74) is 2.33. The van der Waals surface area contributed by atoms with Gasteiger partial charge in [0.1, 0.15) is 5.60 Å². The highest BCUT2D eigenvalue weighted by Gasteiger charge is 2.36. The van der Waals surface area contributed by atoms with Crippen molar-refractivity contribution in [1.29, 1.82) is 0 Å². The van der Waals surface area contributed by atoms with Crippen LogP contribution in [-0.4, -0.2) is 10.9 Å². The average Bonchev–Trinajstić information content (AvgIpc) is 2.40. The standard InChI is InChI=1S/C16H15BrOS/c1-11-3-2-4-12(9-11)16(18)7-8-19-15-6-5-13(17)10-14(15)16/h2-6,9-10,18H,7-8H2,1H3. The Morgan fingerprint density at radius 2 is 2.05 bits per heavy atom. The van der Waals surface area contributed by atoms with Crippen molar-refractivity contribution in [3.8, 4) is 0 Å². The first-order valence-corrected chi connectivity index (χ1v) is 8.10. The van der Waals surface area contributed by atoms with Gasteiger partial charge in [-0.1, -0.05) is 45.8 Å². The fourth-order valence-electron chi connectivity index (χ4n) is 2.60. The molecule has 1 aliphatic heterocycles. The minimum atomic E-state index is -0.865. The second-order valence-corrected chi connectivity index (χ2v) is 7.02. The van der Waals surface area contributed by atoms with Crippen LogP contribution in [-0.2, 0) is 5.60 Å². The predicted octanol–water partition coefficient (Wildman–Crippen LogP) is 4.49. The van der Waals surface area contributed by atoms with E-state index in [9.17, 15) is 5.11 Å². The topological polar surface area (TPSA) is 20.2 Å². The molecule has 1 nitrogen and oxygen atoms in total. The van der Waals surface area contributed by atoms with Crippen molar-refractivity contribution in [2.24, 2.45) is 0 Å². The molecule has 0 radical (unpaired) electrons. The van der Waals surface area contributed by atoms with Crippen LogP contribution in [0.5, 0.6) is 0 Å². The molecule has 2 aromatic carbocycles. The van der Waals surface area contributed by atoms with Crippen LogP contribution in [0, 0.1) is 6.92 Å². The molecule has 98 valence electrons. The van der Waals surface area contributed by atoms with Gasteiger partial charge in [0.15, 0.2) is 0 Å². The molecule has 2 aromatic rings. The Labute approximate surface area is 126 Å². The van der Waals surface area contributed by atoms with Crippen molar-refractivity contribution < 1.29 is 5.11 Å². The van der Waals surface area contributed by atoms with Gasteiger partial charge in [-0.3, -0.25) is 0 Å². The molecular formula is C16H15BrOS. The van der Waals surface area contributed by atoms with Crippen LogP contribution < -0.4 is 0 Å². The third-order valence-electron chi connectivity index (χ3n) is 3.60. The molecule has 1 heterocycles. The molecule has 1 unspecified atom stereocenters. The minimum Gasteiger partial charge on any atom is -0.380 e. The van der Waals surface area contributed by atoms with E-state index in [1.807, 2.05) is 36.0 Å². The molecule has 1 atom stereocenters. The van der Waals surface area contributed by atoms with E-state index in [0.29, 0.717) is 0 Å². The van der Waals surface area contributed by atoms with Crippen LogP contribution in [0.25, 0.3) is 0 Å². The molecule has 1 aliphatic rings. The average molecular weight is 335 g/mol. The molecule has 3 rings (SSSR count). The highest BCUT2D eigenvalue weighted by Crippen LogP contribution is 2.45. The smallest absolute Gasteiger partial charge is 0.117 e. The van der Waals surface area contributed by atoms with E-state index in [0.717, 1.165) is 27.8 Å². The van der Waals surface area contributed by atoms with Crippen molar-refractivity contribution in [2.45, 2.75) is 23.8 Å². The summed E-state index contributed by atoms with van der Waals surface area (Å²) in [6.07, 6.45) is 0.755. The summed E-state index contributed by atoms with van der Waals surface area (Å²) in [6, 6.07) is 14.4. The van der Waals surface area contributed by atoms with Crippen LogP contribution in [0.3, 0.4) is 0 Å². The monoisotopic (exact) mass is 334 g/mol. The molecule has 0 spiro atoms. The van der Waals surface area contributed by atoms with Crippen LogP contribution >= 0.6 is 27.7 Å². The Kier molecular flexibility index (Phi) is 3.46. The highest BCUT2D eigenvalue weighted by molar-refractivity contribution is 9.10. The van der Waals surface area contributed by atoms with Crippen LogP contribution in [0.2, 0.25) is 0 Å². The Morgan fingerprint density at radius 3 is 2.84 bits per heavy atom. The van der Waals surface area contributed by atoms with E-state index in [4.69, 9.17) is 0 Å². The van der Waals surface area contributed by atoms with E-state index >= 15 is 0 Å². The number of fused-ring (bicyclic) bond motifs is 1. The number of aliphatic hydroxyl groups is 1. The molecule has 1 N–H and O–H groups in total. The fourth-order valence-corrected chi connectivity index (χ4v) is 4.12. The molecule has 0 saturated heterocycles. The lowest BCUT2D eigenvalue weighted by molar-refractivity contribution is 0.0730. The summed E-state index contributed by atoms with van der Waals surface area (Å²) in [4.78, 5) is 1.18. The molecule has 0 aromatic heterocycles. The molecule has 3 heteroatoms. The lowest BCUT2D eigenvalue weighted by Crippen LogP contribution is -2.31. The first kappa shape index (κ1) is 13.2. The summed E-state index contributed by atoms with van der Waals surface area (Å²) in [6.45, 7) is 2.06. The molecule has 0 aliphatic carbocycles. The Balaban J connectivity index is 2.18. The highest BCUT2D eigenvalue weighted by atomic mass is 79.9. The fraction of sp³-hybridized carbons (Fsp3) is 0.250. The Morgan fingerprint density at radius 1 is 1.21 bits per heavy atom. The molecule has 0 bridgehead atoms. The number of thioether (sulfide) groups is 1. The number of benzene rings is 2. The second kappa shape index (κ2) is 4.97. The SMILES string of the molecule is Cc1cccc(C2(O)CCSc3ccc(Br)cc32)c1. The molecule has 19 heavy (non-hydrogen) atoms. The quantitative estimate of drug-likeness (QED) is 0.829. The normalized spacial score (nSPS) is 22.1. The summed E-state index contributed by atoms with van der Waals surface area (Å²) in [7, 11) is 0. The van der Waals surface area contributed by atoms with Crippen molar-refractivity contribution in [2.75, 3.05) is 5.75 Å². The first-order valence-electron chi connectivity index (χ1n) is 6.32. The summed E-state index contributed by atoms with van der Waals surface area (Å²) in [5.74, 6) is 0.944. The maximum absolute atomic E-state index is 11.2. The van der Waals surface area contributed by atoms with Crippen molar-refractivity contribution in [3.05, 3.63) is 63.6 Å². The maximum Gasteiger partial charge on any atom is 0.117 e. The van der Waals surface area contributed by atoms with Gasteiger partial charge in [0.05, 0.1) is 0 Å². The van der Waals surface area contributed by atoms with Gasteiger partial charge in [0, 0.05) is 20.7 Å². The van der Waals surface area contributed by atoms with Gasteiger partial charge < -0.3 is 5.11 Å². The van der Waals surface area contributed by atoms with Crippen LogP contribution in [0.15, 0.2) is 51.8 Å². The van der Waals surface area contributed by atoms with Gasteiger partial charge in [-0.2, -0.15) is 0 Å². The molecular weight excluding hydrogens is 320 g/mol. The lowest BCUT2D eigenvalue weighted by atomic mass is 9.83. The maximum atomic E-state index is 11.2. The summed E-state index contributed by atoms with van der Waals surface area (Å²) >= 11 is 5.33. The first-order chi connectivity index (χ1) is 9.09. The van der Waals surface area contributed by atoms with E-state index in [1.165, 1.54) is 10.5 Å². The van der Waals surface area contributed by atoms with Gasteiger partial charge in [-0.15, -0.1) is 11.8 Å². The van der Waals surface area contributed by atoms with E-state index in [2.05, 4.69) is 41.1 Å². The molecule has 0 amide bonds. The van der Waals surface area contributed by atoms with Gasteiger partial charge in [0.2, 0.25) is 0 Å². The molecule has 0 saturated carbocycles. The Hall–Kier alpha value is -0.770. The molecule has 0 fully saturated rings. The van der Waals surface area contributed by atoms with E-state index in [-0.39, 0.29) is 0 Å². The van der Waals surface area contributed by atoms with E-state index in [1.54, 1.807) is 0 Å². The van der Waals surface area contributed by atoms with Gasteiger partial charge in [0.25, 0.3) is 0 Å². The van der Waals surface area contributed by atoms with Crippen molar-refractivity contribution >= 4 is 27.7 Å². The van der Waals surface area contributed by atoms with Gasteiger partial charge >= 0.3 is 0 Å². The number of hydrogen-bond acceptors (Lipinski definition) is 2. The predicted molar refractivity (Wildman–Crippen MR) is 83.7 cm³/mol. The third-order valence-corrected chi connectivity index (χ3v) is 5.17.